The van der Waals surface area contributed by atoms with Gasteiger partial charge in [-0.3, -0.25) is 0 Å². The fraction of sp³-hybridized carbons (Fsp3) is 0.571. The molecule has 0 unspecified atom stereocenters. The van der Waals surface area contributed by atoms with Crippen LogP contribution in [0.25, 0.3) is 0 Å². The number of hydrogen-bond donors (Lipinski definition) is 1. The second-order valence-corrected chi connectivity index (χ2v) is 8.17. The van der Waals surface area contributed by atoms with Crippen LogP contribution < -0.4 is 4.72 Å². The van der Waals surface area contributed by atoms with E-state index in [9.17, 15) is 12.8 Å². The second kappa shape index (κ2) is 7.00. The lowest BCUT2D eigenvalue weighted by molar-refractivity contribution is 0.289. The van der Waals surface area contributed by atoms with Crippen molar-refractivity contribution in [3.63, 3.8) is 0 Å². The Morgan fingerprint density at radius 2 is 1.75 bits per heavy atom. The van der Waals surface area contributed by atoms with Crippen molar-refractivity contribution in [3.05, 3.63) is 28.5 Å². The maximum absolute atomic E-state index is 13.0. The van der Waals surface area contributed by atoms with Crippen LogP contribution in [0.2, 0.25) is 0 Å². The number of benzene rings is 1. The molecule has 0 amide bonds. The van der Waals surface area contributed by atoms with Gasteiger partial charge in [0.25, 0.3) is 0 Å². The molecule has 0 radical (unpaired) electrons. The van der Waals surface area contributed by atoms with Crippen molar-refractivity contribution in [2.24, 2.45) is 17.8 Å². The summed E-state index contributed by atoms with van der Waals surface area (Å²) in [6.45, 7) is 8.68. The minimum atomic E-state index is -3.63. The van der Waals surface area contributed by atoms with Crippen molar-refractivity contribution in [3.8, 4) is 0 Å². The molecule has 0 fully saturated rings. The zero-order chi connectivity index (χ0) is 15.5. The zero-order valence-electron chi connectivity index (χ0n) is 12.2. The molecule has 0 atom stereocenters. The molecule has 1 aromatic rings. The third-order valence-electron chi connectivity index (χ3n) is 3.41. The Bertz CT molecular complexity index is 550. The zero-order valence-corrected chi connectivity index (χ0v) is 14.6. The SMILES string of the molecule is CC(C)C(CNS(=O)(=O)c1ccc(F)cc1Br)C(C)C. The van der Waals surface area contributed by atoms with Crippen LogP contribution in [-0.4, -0.2) is 15.0 Å². The summed E-state index contributed by atoms with van der Waals surface area (Å²) in [5.41, 5.74) is 0. The maximum Gasteiger partial charge on any atom is 0.241 e. The molecule has 0 saturated carbocycles. The quantitative estimate of drug-likeness (QED) is 0.833. The van der Waals surface area contributed by atoms with E-state index in [1.54, 1.807) is 0 Å². The van der Waals surface area contributed by atoms with Crippen LogP contribution in [0, 0.1) is 23.6 Å². The van der Waals surface area contributed by atoms with Crippen LogP contribution in [0.5, 0.6) is 0 Å². The Hall–Kier alpha value is -0.460. The topological polar surface area (TPSA) is 46.2 Å². The number of halogens is 2. The van der Waals surface area contributed by atoms with E-state index in [1.165, 1.54) is 6.07 Å². The first-order chi connectivity index (χ1) is 9.15. The van der Waals surface area contributed by atoms with Gasteiger partial charge in [-0.2, -0.15) is 0 Å². The average Bonchev–Trinajstić information content (AvgIpc) is 2.26. The van der Waals surface area contributed by atoms with Gasteiger partial charge in [-0.25, -0.2) is 17.5 Å². The molecular formula is C14H21BrFNO2S. The number of hydrogen-bond acceptors (Lipinski definition) is 2. The average molecular weight is 366 g/mol. The van der Waals surface area contributed by atoms with Crippen LogP contribution in [0.3, 0.4) is 0 Å². The Morgan fingerprint density at radius 3 is 2.20 bits per heavy atom. The smallest absolute Gasteiger partial charge is 0.211 e. The highest BCUT2D eigenvalue weighted by Gasteiger charge is 2.23. The predicted molar refractivity (Wildman–Crippen MR) is 82.5 cm³/mol. The summed E-state index contributed by atoms with van der Waals surface area (Å²) < 4.78 is 40.4. The summed E-state index contributed by atoms with van der Waals surface area (Å²) in [7, 11) is -3.63. The van der Waals surface area contributed by atoms with Crippen molar-refractivity contribution >= 4 is 26.0 Å². The molecule has 0 aliphatic carbocycles. The minimum Gasteiger partial charge on any atom is -0.211 e. The first-order valence-electron chi connectivity index (χ1n) is 6.60. The number of nitrogens with one attached hydrogen (secondary N) is 1. The van der Waals surface area contributed by atoms with Crippen molar-refractivity contribution in [1.29, 1.82) is 0 Å². The molecule has 20 heavy (non-hydrogen) atoms. The highest BCUT2D eigenvalue weighted by molar-refractivity contribution is 9.10. The third-order valence-corrected chi connectivity index (χ3v) is 5.81. The van der Waals surface area contributed by atoms with E-state index in [4.69, 9.17) is 0 Å². The monoisotopic (exact) mass is 365 g/mol. The molecule has 1 rings (SSSR count). The first-order valence-corrected chi connectivity index (χ1v) is 8.87. The maximum atomic E-state index is 13.0. The lowest BCUT2D eigenvalue weighted by Crippen LogP contribution is -2.34. The molecule has 0 spiro atoms. The minimum absolute atomic E-state index is 0.0603. The fourth-order valence-electron chi connectivity index (χ4n) is 2.22. The van der Waals surface area contributed by atoms with Gasteiger partial charge >= 0.3 is 0 Å². The lowest BCUT2D eigenvalue weighted by atomic mass is 9.86. The molecule has 0 heterocycles. The van der Waals surface area contributed by atoms with E-state index in [1.807, 2.05) is 0 Å². The van der Waals surface area contributed by atoms with Crippen LogP contribution in [-0.2, 0) is 10.0 Å². The Morgan fingerprint density at radius 1 is 1.20 bits per heavy atom. The van der Waals surface area contributed by atoms with Crippen LogP contribution >= 0.6 is 15.9 Å². The van der Waals surface area contributed by atoms with Crippen molar-refractivity contribution in [1.82, 2.24) is 4.72 Å². The normalized spacial score (nSPS) is 12.7. The van der Waals surface area contributed by atoms with E-state index < -0.39 is 15.8 Å². The largest absolute Gasteiger partial charge is 0.241 e. The standard InChI is InChI=1S/C14H21BrFNO2S/c1-9(2)12(10(3)4)8-17-20(18,19)14-6-5-11(16)7-13(14)15/h5-7,9-10,12,17H,8H2,1-4H3. The van der Waals surface area contributed by atoms with Gasteiger partial charge in [-0.05, 0) is 51.9 Å². The number of sulfonamides is 1. The van der Waals surface area contributed by atoms with Gasteiger partial charge in [0.2, 0.25) is 10.0 Å². The van der Waals surface area contributed by atoms with Gasteiger partial charge in [0.1, 0.15) is 5.82 Å². The summed E-state index contributed by atoms with van der Waals surface area (Å²) in [5.74, 6) is 0.547. The van der Waals surface area contributed by atoms with E-state index in [0.29, 0.717) is 18.4 Å². The molecule has 3 nitrogen and oxygen atoms in total. The third kappa shape index (κ3) is 4.53. The van der Waals surface area contributed by atoms with Crippen molar-refractivity contribution < 1.29 is 12.8 Å². The van der Waals surface area contributed by atoms with Crippen LogP contribution in [0.1, 0.15) is 27.7 Å². The van der Waals surface area contributed by atoms with E-state index >= 15 is 0 Å². The summed E-state index contributed by atoms with van der Waals surface area (Å²) in [6.07, 6.45) is 0. The summed E-state index contributed by atoms with van der Waals surface area (Å²) in [4.78, 5) is 0.0603. The van der Waals surface area contributed by atoms with E-state index in [0.717, 1.165) is 12.1 Å². The molecule has 0 bridgehead atoms. The second-order valence-electron chi connectivity index (χ2n) is 5.58. The molecule has 0 aliphatic heterocycles. The van der Waals surface area contributed by atoms with Gasteiger partial charge in [0, 0.05) is 11.0 Å². The Balaban J connectivity index is 2.90. The number of rotatable bonds is 6. The Kier molecular flexibility index (Phi) is 6.16. The molecule has 0 aromatic heterocycles. The van der Waals surface area contributed by atoms with E-state index in [-0.39, 0.29) is 15.3 Å². The summed E-state index contributed by atoms with van der Waals surface area (Å²) in [5, 5.41) is 0. The van der Waals surface area contributed by atoms with Gasteiger partial charge in [-0.1, -0.05) is 27.7 Å². The molecule has 0 aliphatic rings. The van der Waals surface area contributed by atoms with Gasteiger partial charge in [0.15, 0.2) is 0 Å². The first kappa shape index (κ1) is 17.6. The highest BCUT2D eigenvalue weighted by Crippen LogP contribution is 2.24. The summed E-state index contributed by atoms with van der Waals surface area (Å²) in [6, 6.07) is 3.56. The molecule has 1 N–H and O–H groups in total. The molecule has 1 aromatic carbocycles. The molecule has 114 valence electrons. The lowest BCUT2D eigenvalue weighted by Gasteiger charge is -2.25. The highest BCUT2D eigenvalue weighted by atomic mass is 79.9. The fourth-order valence-corrected chi connectivity index (χ4v) is 4.34. The van der Waals surface area contributed by atoms with Gasteiger partial charge in [-0.15, -0.1) is 0 Å². The predicted octanol–water partition coefficient (Wildman–Crippen LogP) is 3.79. The molecular weight excluding hydrogens is 345 g/mol. The molecule has 6 heteroatoms. The molecule has 0 saturated heterocycles. The van der Waals surface area contributed by atoms with Crippen LogP contribution in [0.4, 0.5) is 4.39 Å². The van der Waals surface area contributed by atoms with Gasteiger partial charge < -0.3 is 0 Å². The van der Waals surface area contributed by atoms with Crippen molar-refractivity contribution in [2.45, 2.75) is 32.6 Å². The summed E-state index contributed by atoms with van der Waals surface area (Å²) >= 11 is 3.09. The van der Waals surface area contributed by atoms with Crippen molar-refractivity contribution in [2.75, 3.05) is 6.54 Å². The van der Waals surface area contributed by atoms with Gasteiger partial charge in [0.05, 0.1) is 4.90 Å². The van der Waals surface area contributed by atoms with Crippen LogP contribution in [0.15, 0.2) is 27.6 Å². The van der Waals surface area contributed by atoms with E-state index in [2.05, 4.69) is 48.3 Å². The Labute approximate surface area is 129 Å².